The molecule has 0 atom stereocenters. The molecule has 9 aromatic rings. The lowest BCUT2D eigenvalue weighted by Gasteiger charge is -2.28. The summed E-state index contributed by atoms with van der Waals surface area (Å²) in [6, 6.07) is 63.9. The summed E-state index contributed by atoms with van der Waals surface area (Å²) in [5, 5.41) is 7.73. The molecular formula is C44H29NS. The van der Waals surface area contributed by atoms with Crippen molar-refractivity contribution < 1.29 is 0 Å². The van der Waals surface area contributed by atoms with Gasteiger partial charge in [0.1, 0.15) is 0 Å². The molecule has 0 saturated carbocycles. The first kappa shape index (κ1) is 26.7. The number of benzene rings is 8. The molecule has 0 fully saturated rings. The van der Waals surface area contributed by atoms with E-state index in [0.717, 1.165) is 17.1 Å². The predicted octanol–water partition coefficient (Wildman–Crippen LogP) is 13.2. The van der Waals surface area contributed by atoms with Crippen molar-refractivity contribution in [1.29, 1.82) is 0 Å². The quantitative estimate of drug-likeness (QED) is 0.189. The maximum absolute atomic E-state index is 2.41. The van der Waals surface area contributed by atoms with Gasteiger partial charge in [-0.25, -0.2) is 0 Å². The minimum absolute atomic E-state index is 1.12. The van der Waals surface area contributed by atoms with E-state index >= 15 is 0 Å². The minimum atomic E-state index is 1.12. The van der Waals surface area contributed by atoms with Crippen molar-refractivity contribution in [3.05, 3.63) is 176 Å². The van der Waals surface area contributed by atoms with Gasteiger partial charge in [0.2, 0.25) is 0 Å². The van der Waals surface area contributed by atoms with Crippen molar-refractivity contribution in [2.24, 2.45) is 0 Å². The van der Waals surface area contributed by atoms with E-state index in [1.54, 1.807) is 0 Å². The summed E-state index contributed by atoms with van der Waals surface area (Å²) >= 11 is 1.87. The number of fused-ring (bicyclic) bond motifs is 6. The molecule has 0 bridgehead atoms. The number of hydrogen-bond acceptors (Lipinski definition) is 2. The molecule has 0 spiro atoms. The number of rotatable bonds is 5. The van der Waals surface area contributed by atoms with Gasteiger partial charge in [-0.3, -0.25) is 0 Å². The van der Waals surface area contributed by atoms with Gasteiger partial charge in [-0.15, -0.1) is 11.3 Å². The highest BCUT2D eigenvalue weighted by molar-refractivity contribution is 7.26. The summed E-state index contributed by atoms with van der Waals surface area (Å²) in [4.78, 5) is 2.41. The van der Waals surface area contributed by atoms with E-state index in [2.05, 4.69) is 181 Å². The average Bonchev–Trinajstić information content (AvgIpc) is 3.52. The number of anilines is 3. The van der Waals surface area contributed by atoms with Crippen LogP contribution in [0, 0.1) is 0 Å². The second-order valence-corrected chi connectivity index (χ2v) is 12.8. The fourth-order valence-electron chi connectivity index (χ4n) is 6.90. The maximum Gasteiger partial charge on any atom is 0.0540 e. The van der Waals surface area contributed by atoms with Crippen LogP contribution in [0.5, 0.6) is 0 Å². The molecule has 0 N–H and O–H groups in total. The Balaban J connectivity index is 1.23. The number of hydrogen-bond donors (Lipinski definition) is 0. The summed E-state index contributed by atoms with van der Waals surface area (Å²) in [7, 11) is 0. The van der Waals surface area contributed by atoms with E-state index in [9.17, 15) is 0 Å². The molecule has 0 aliphatic heterocycles. The topological polar surface area (TPSA) is 3.24 Å². The van der Waals surface area contributed by atoms with Gasteiger partial charge in [-0.1, -0.05) is 133 Å². The Kier molecular flexibility index (Phi) is 6.40. The Hall–Kier alpha value is -5.70. The van der Waals surface area contributed by atoms with E-state index in [-0.39, 0.29) is 0 Å². The van der Waals surface area contributed by atoms with Crippen molar-refractivity contribution in [1.82, 2.24) is 0 Å². The van der Waals surface area contributed by atoms with Crippen LogP contribution in [0.3, 0.4) is 0 Å². The first-order chi connectivity index (χ1) is 22.8. The van der Waals surface area contributed by atoms with Gasteiger partial charge in [0.05, 0.1) is 5.69 Å². The Labute approximate surface area is 272 Å². The molecule has 1 aromatic heterocycles. The first-order valence-electron chi connectivity index (χ1n) is 15.7. The molecule has 1 heterocycles. The fourth-order valence-corrected chi connectivity index (χ4v) is 8.03. The van der Waals surface area contributed by atoms with Crippen LogP contribution in [0.4, 0.5) is 17.1 Å². The second kappa shape index (κ2) is 11.0. The normalized spacial score (nSPS) is 11.5. The van der Waals surface area contributed by atoms with Gasteiger partial charge in [0, 0.05) is 37.1 Å². The smallest absolute Gasteiger partial charge is 0.0540 e. The Morgan fingerprint density at radius 3 is 1.93 bits per heavy atom. The van der Waals surface area contributed by atoms with E-state index < -0.39 is 0 Å². The monoisotopic (exact) mass is 603 g/mol. The Morgan fingerprint density at radius 1 is 0.370 bits per heavy atom. The van der Waals surface area contributed by atoms with E-state index in [0.29, 0.717) is 0 Å². The molecule has 0 amide bonds. The average molecular weight is 604 g/mol. The number of para-hydroxylation sites is 1. The summed E-state index contributed by atoms with van der Waals surface area (Å²) in [5.41, 5.74) is 8.25. The first-order valence-corrected chi connectivity index (χ1v) is 16.5. The third-order valence-corrected chi connectivity index (χ3v) is 10.2. The van der Waals surface area contributed by atoms with Crippen molar-refractivity contribution in [2.45, 2.75) is 0 Å². The van der Waals surface area contributed by atoms with E-state index in [1.165, 1.54) is 64.0 Å². The largest absolute Gasteiger partial charge is 0.310 e. The highest BCUT2D eigenvalue weighted by atomic mass is 32.1. The Bertz CT molecular complexity index is 2520. The predicted molar refractivity (Wildman–Crippen MR) is 200 cm³/mol. The molecule has 216 valence electrons. The van der Waals surface area contributed by atoms with Gasteiger partial charge in [0.15, 0.2) is 0 Å². The van der Waals surface area contributed by atoms with Crippen LogP contribution in [-0.2, 0) is 0 Å². The lowest BCUT2D eigenvalue weighted by molar-refractivity contribution is 1.29. The molecule has 0 aliphatic rings. The minimum Gasteiger partial charge on any atom is -0.310 e. The second-order valence-electron chi connectivity index (χ2n) is 11.7. The Morgan fingerprint density at radius 2 is 1.04 bits per heavy atom. The van der Waals surface area contributed by atoms with Crippen LogP contribution in [0.25, 0.3) is 64.0 Å². The number of thiophene rings is 1. The molecule has 0 radical (unpaired) electrons. The van der Waals surface area contributed by atoms with E-state index in [1.807, 2.05) is 11.3 Å². The van der Waals surface area contributed by atoms with Crippen LogP contribution in [-0.4, -0.2) is 0 Å². The third-order valence-electron chi connectivity index (χ3n) is 9.06. The molecule has 2 heteroatoms. The van der Waals surface area contributed by atoms with Crippen LogP contribution in [0.15, 0.2) is 176 Å². The molecule has 0 saturated heterocycles. The molecule has 9 rings (SSSR count). The molecular weight excluding hydrogens is 575 g/mol. The van der Waals surface area contributed by atoms with Crippen molar-refractivity contribution in [3.8, 4) is 22.3 Å². The molecule has 0 aliphatic carbocycles. The summed E-state index contributed by atoms with van der Waals surface area (Å²) in [6.07, 6.45) is 0. The van der Waals surface area contributed by atoms with Gasteiger partial charge < -0.3 is 4.90 Å². The highest BCUT2D eigenvalue weighted by Crippen LogP contribution is 2.44. The number of nitrogens with zero attached hydrogens (tertiary/aromatic N) is 1. The molecule has 8 aromatic carbocycles. The van der Waals surface area contributed by atoms with Crippen molar-refractivity contribution in [2.75, 3.05) is 4.90 Å². The zero-order valence-electron chi connectivity index (χ0n) is 25.1. The summed E-state index contributed by atoms with van der Waals surface area (Å²) in [5.74, 6) is 0. The highest BCUT2D eigenvalue weighted by Gasteiger charge is 2.18. The zero-order chi connectivity index (χ0) is 30.5. The van der Waals surface area contributed by atoms with Crippen LogP contribution in [0.1, 0.15) is 0 Å². The SMILES string of the molecule is c1ccc(-c2ccccc2N(c2ccc(-c3cccc4ccccc34)cc2)c2ccc3c(ccc4sc5ccccc5c43)c2)cc1. The molecule has 0 unspecified atom stereocenters. The molecule has 1 nitrogen and oxygen atoms in total. The van der Waals surface area contributed by atoms with Crippen LogP contribution >= 0.6 is 11.3 Å². The van der Waals surface area contributed by atoms with Gasteiger partial charge in [0.25, 0.3) is 0 Å². The van der Waals surface area contributed by atoms with Gasteiger partial charge in [-0.2, -0.15) is 0 Å². The molecule has 46 heavy (non-hydrogen) atoms. The van der Waals surface area contributed by atoms with Crippen LogP contribution in [0.2, 0.25) is 0 Å². The summed E-state index contributed by atoms with van der Waals surface area (Å²) in [6.45, 7) is 0. The maximum atomic E-state index is 2.41. The fraction of sp³-hybridized carbons (Fsp3) is 0. The zero-order valence-corrected chi connectivity index (χ0v) is 25.9. The third kappa shape index (κ3) is 4.46. The van der Waals surface area contributed by atoms with Gasteiger partial charge in [-0.05, 0) is 80.7 Å². The van der Waals surface area contributed by atoms with E-state index in [4.69, 9.17) is 0 Å². The standard InChI is InChI=1S/C44H29NS/c1-2-11-31(12-3-1)38-16-6-8-19-41(38)45(34-24-21-32(22-25-34)37-18-10-14-30-13-4-5-15-36(30)37)35-26-27-39-33(29-35)23-28-43-44(39)40-17-7-9-20-42(40)46-43/h1-29H. The summed E-state index contributed by atoms with van der Waals surface area (Å²) < 4.78 is 2.66. The van der Waals surface area contributed by atoms with Crippen molar-refractivity contribution in [3.63, 3.8) is 0 Å². The lowest BCUT2D eigenvalue weighted by atomic mass is 9.97. The lowest BCUT2D eigenvalue weighted by Crippen LogP contribution is -2.11. The van der Waals surface area contributed by atoms with Crippen molar-refractivity contribution >= 4 is 70.1 Å². The van der Waals surface area contributed by atoms with Gasteiger partial charge >= 0.3 is 0 Å². The van der Waals surface area contributed by atoms with Crippen LogP contribution < -0.4 is 4.90 Å².